The minimum atomic E-state index is -3.24. The molecular weight excluding hydrogens is 290 g/mol. The first-order valence-electron chi connectivity index (χ1n) is 7.42. The van der Waals surface area contributed by atoms with Crippen molar-refractivity contribution in [3.8, 4) is 0 Å². The van der Waals surface area contributed by atoms with E-state index in [0.29, 0.717) is 13.1 Å². The van der Waals surface area contributed by atoms with Gasteiger partial charge < -0.3 is 5.32 Å². The van der Waals surface area contributed by atoms with Crippen LogP contribution in [0.1, 0.15) is 18.2 Å². The van der Waals surface area contributed by atoms with Gasteiger partial charge in [0.15, 0.2) is 0 Å². The normalized spacial score (nSPS) is 17.2. The van der Waals surface area contributed by atoms with Crippen LogP contribution in [0.3, 0.4) is 0 Å². The molecule has 0 radical (unpaired) electrons. The average molecular weight is 315 g/mol. The van der Waals surface area contributed by atoms with E-state index in [9.17, 15) is 8.42 Å². The fourth-order valence-electron chi connectivity index (χ4n) is 2.47. The van der Waals surface area contributed by atoms with Gasteiger partial charge in [-0.25, -0.2) is 13.1 Å². The number of piperazine rings is 1. The third-order valence-electron chi connectivity index (χ3n) is 3.70. The monoisotopic (exact) mass is 315 g/mol. The van der Waals surface area contributed by atoms with Gasteiger partial charge in [0, 0.05) is 58.1 Å². The maximum atomic E-state index is 12.1. The molecule has 1 aromatic rings. The number of sulfonamides is 1. The van der Waals surface area contributed by atoms with Gasteiger partial charge in [-0.3, -0.25) is 9.58 Å². The molecule has 1 aromatic heterocycles. The number of hydrogen-bond acceptors (Lipinski definition) is 5. The highest BCUT2D eigenvalue weighted by molar-refractivity contribution is 7.89. The molecule has 2 rings (SSSR count). The van der Waals surface area contributed by atoms with Crippen LogP contribution in [0.2, 0.25) is 0 Å². The first-order chi connectivity index (χ1) is 10.00. The number of aromatic nitrogens is 2. The van der Waals surface area contributed by atoms with Crippen molar-refractivity contribution in [3.05, 3.63) is 17.5 Å². The summed E-state index contributed by atoms with van der Waals surface area (Å²) in [5, 5.41) is 7.57. The molecule has 0 atom stereocenters. The van der Waals surface area contributed by atoms with E-state index < -0.39 is 10.0 Å². The molecule has 0 unspecified atom stereocenters. The van der Waals surface area contributed by atoms with Gasteiger partial charge in [-0.05, 0) is 6.42 Å². The summed E-state index contributed by atoms with van der Waals surface area (Å²) in [6.07, 6.45) is 2.68. The Bertz CT molecular complexity index is 549. The van der Waals surface area contributed by atoms with Crippen LogP contribution >= 0.6 is 0 Å². The molecule has 1 aliphatic heterocycles. The number of nitrogens with one attached hydrogen (secondary N) is 2. The van der Waals surface area contributed by atoms with E-state index in [-0.39, 0.29) is 5.75 Å². The summed E-state index contributed by atoms with van der Waals surface area (Å²) in [5.74, 6) is 0.148. The van der Waals surface area contributed by atoms with Crippen molar-refractivity contribution < 1.29 is 8.42 Å². The third kappa shape index (κ3) is 5.06. The first kappa shape index (κ1) is 16.4. The van der Waals surface area contributed by atoms with E-state index in [1.807, 2.05) is 20.2 Å². The van der Waals surface area contributed by atoms with Crippen LogP contribution in [0, 0.1) is 0 Å². The zero-order chi connectivity index (χ0) is 15.3. The summed E-state index contributed by atoms with van der Waals surface area (Å²) in [7, 11) is -1.40. The molecule has 0 bridgehead atoms. The Hall–Kier alpha value is -0.960. The van der Waals surface area contributed by atoms with E-state index >= 15 is 0 Å². The van der Waals surface area contributed by atoms with Gasteiger partial charge in [-0.15, -0.1) is 0 Å². The zero-order valence-corrected chi connectivity index (χ0v) is 13.6. The minimum absolute atomic E-state index is 0.148. The van der Waals surface area contributed by atoms with E-state index in [4.69, 9.17) is 0 Å². The molecule has 2 N–H and O–H groups in total. The predicted molar refractivity (Wildman–Crippen MR) is 82.5 cm³/mol. The molecule has 0 aliphatic carbocycles. The summed E-state index contributed by atoms with van der Waals surface area (Å²) < 4.78 is 28.5. The van der Waals surface area contributed by atoms with Crippen molar-refractivity contribution in [2.45, 2.75) is 19.9 Å². The highest BCUT2D eigenvalue weighted by Gasteiger charge is 2.16. The summed E-state index contributed by atoms with van der Waals surface area (Å²) >= 11 is 0. The van der Waals surface area contributed by atoms with E-state index in [1.54, 1.807) is 4.68 Å². The van der Waals surface area contributed by atoms with Gasteiger partial charge in [0.05, 0.1) is 11.4 Å². The predicted octanol–water partition coefficient (Wildman–Crippen LogP) is -0.693. The largest absolute Gasteiger partial charge is 0.314 e. The van der Waals surface area contributed by atoms with Crippen molar-refractivity contribution in [1.29, 1.82) is 0 Å². The molecule has 1 saturated heterocycles. The molecule has 0 aromatic carbocycles. The number of nitrogens with zero attached hydrogens (tertiary/aromatic N) is 3. The lowest BCUT2D eigenvalue weighted by Gasteiger charge is -2.26. The molecule has 0 amide bonds. The van der Waals surface area contributed by atoms with Crippen molar-refractivity contribution in [1.82, 2.24) is 24.7 Å². The molecule has 1 fully saturated rings. The highest BCUT2D eigenvalue weighted by atomic mass is 32.2. The standard InChI is InChI=1S/C13H25N5O2S/c1-3-13-12(11-17(2)16-13)10-15-21(19,20)9-8-18-6-4-14-5-7-18/h11,14-15H,3-10H2,1-2H3. The van der Waals surface area contributed by atoms with Gasteiger partial charge in [0.1, 0.15) is 0 Å². The topological polar surface area (TPSA) is 79.3 Å². The summed E-state index contributed by atoms with van der Waals surface area (Å²) in [5.41, 5.74) is 1.90. The van der Waals surface area contributed by atoms with E-state index in [2.05, 4.69) is 20.0 Å². The summed E-state index contributed by atoms with van der Waals surface area (Å²) in [4.78, 5) is 2.18. The van der Waals surface area contributed by atoms with Crippen LogP contribution < -0.4 is 10.0 Å². The van der Waals surface area contributed by atoms with Crippen molar-refractivity contribution in [2.24, 2.45) is 7.05 Å². The fraction of sp³-hybridized carbons (Fsp3) is 0.769. The van der Waals surface area contributed by atoms with Gasteiger partial charge in [-0.1, -0.05) is 6.92 Å². The lowest BCUT2D eigenvalue weighted by atomic mass is 10.2. The van der Waals surface area contributed by atoms with E-state index in [1.165, 1.54) is 0 Å². The molecule has 1 aliphatic rings. The Morgan fingerprint density at radius 2 is 2.10 bits per heavy atom. The molecule has 7 nitrogen and oxygen atoms in total. The van der Waals surface area contributed by atoms with Crippen LogP contribution in [0.5, 0.6) is 0 Å². The average Bonchev–Trinajstić information content (AvgIpc) is 2.85. The molecule has 21 heavy (non-hydrogen) atoms. The molecule has 2 heterocycles. The van der Waals surface area contributed by atoms with E-state index in [0.717, 1.165) is 43.9 Å². The molecular formula is C13H25N5O2S. The Morgan fingerprint density at radius 1 is 1.38 bits per heavy atom. The van der Waals surface area contributed by atoms with Gasteiger partial charge >= 0.3 is 0 Å². The molecule has 120 valence electrons. The van der Waals surface area contributed by atoms with Crippen molar-refractivity contribution in [2.75, 3.05) is 38.5 Å². The van der Waals surface area contributed by atoms with Crippen LogP contribution in [-0.4, -0.2) is 61.6 Å². The Balaban J connectivity index is 1.82. The Kier molecular flexibility index (Phi) is 5.74. The maximum Gasteiger partial charge on any atom is 0.213 e. The Morgan fingerprint density at radius 3 is 2.76 bits per heavy atom. The zero-order valence-electron chi connectivity index (χ0n) is 12.8. The third-order valence-corrected chi connectivity index (χ3v) is 5.00. The van der Waals surface area contributed by atoms with Crippen LogP contribution in [0.4, 0.5) is 0 Å². The smallest absolute Gasteiger partial charge is 0.213 e. The lowest BCUT2D eigenvalue weighted by Crippen LogP contribution is -2.45. The molecule has 8 heteroatoms. The van der Waals surface area contributed by atoms with Crippen molar-refractivity contribution in [3.63, 3.8) is 0 Å². The summed E-state index contributed by atoms with van der Waals surface area (Å²) in [6, 6.07) is 0. The summed E-state index contributed by atoms with van der Waals surface area (Å²) in [6.45, 7) is 6.62. The minimum Gasteiger partial charge on any atom is -0.314 e. The van der Waals surface area contributed by atoms with Crippen molar-refractivity contribution >= 4 is 10.0 Å². The molecule has 0 saturated carbocycles. The first-order valence-corrected chi connectivity index (χ1v) is 9.07. The van der Waals surface area contributed by atoms with Crippen LogP contribution in [0.15, 0.2) is 6.20 Å². The van der Waals surface area contributed by atoms with Crippen LogP contribution in [0.25, 0.3) is 0 Å². The number of aryl methyl sites for hydroxylation is 2. The Labute approximate surface area is 126 Å². The highest BCUT2D eigenvalue weighted by Crippen LogP contribution is 2.07. The molecule has 0 spiro atoms. The number of rotatable bonds is 7. The van der Waals surface area contributed by atoms with Crippen LogP contribution in [-0.2, 0) is 30.0 Å². The maximum absolute atomic E-state index is 12.1. The van der Waals surface area contributed by atoms with Gasteiger partial charge in [-0.2, -0.15) is 5.10 Å². The second-order valence-corrected chi connectivity index (χ2v) is 7.29. The van der Waals surface area contributed by atoms with Gasteiger partial charge in [0.25, 0.3) is 0 Å². The lowest BCUT2D eigenvalue weighted by molar-refractivity contribution is 0.253. The second-order valence-electron chi connectivity index (χ2n) is 5.36. The van der Waals surface area contributed by atoms with Gasteiger partial charge in [0.2, 0.25) is 10.0 Å². The fourth-order valence-corrected chi connectivity index (χ4v) is 3.49. The quantitative estimate of drug-likeness (QED) is 0.696. The SMILES string of the molecule is CCc1nn(C)cc1CNS(=O)(=O)CCN1CCNCC1. The number of hydrogen-bond donors (Lipinski definition) is 2. The second kappa shape index (κ2) is 7.35.